The molecule has 0 N–H and O–H groups in total. The predicted molar refractivity (Wildman–Crippen MR) is 97.1 cm³/mol. The van der Waals surface area contributed by atoms with Crippen LogP contribution < -0.4 is 0 Å². The summed E-state index contributed by atoms with van der Waals surface area (Å²) < 4.78 is 1.84. The number of nitriles is 2. The topological polar surface area (TPSA) is 65.4 Å². The van der Waals surface area contributed by atoms with Crippen LogP contribution in [-0.4, -0.2) is 9.78 Å². The smallest absolute Gasteiger partial charge is 0.130 e. The quantitative estimate of drug-likeness (QED) is 0.671. The molecule has 1 heterocycles. The van der Waals surface area contributed by atoms with Crippen LogP contribution in [0.1, 0.15) is 16.7 Å². The van der Waals surface area contributed by atoms with E-state index in [9.17, 15) is 0 Å². The molecule has 0 aliphatic rings. The van der Waals surface area contributed by atoms with Crippen molar-refractivity contribution >= 4 is 6.08 Å². The normalized spacial score (nSPS) is 9.88. The van der Waals surface area contributed by atoms with Crippen LogP contribution in [0.2, 0.25) is 0 Å². The molecule has 0 saturated heterocycles. The zero-order valence-electron chi connectivity index (χ0n) is 13.8. The number of benzene rings is 2. The maximum Gasteiger partial charge on any atom is 0.130 e. The van der Waals surface area contributed by atoms with Crippen LogP contribution in [-0.2, 0) is 6.54 Å². The molecule has 2 aromatic carbocycles. The molecule has 0 unspecified atom stereocenters. The molecular formula is C21H16N4. The first-order valence-corrected chi connectivity index (χ1v) is 7.90. The van der Waals surface area contributed by atoms with Gasteiger partial charge in [0, 0.05) is 17.3 Å². The number of hydrogen-bond donors (Lipinski definition) is 0. The van der Waals surface area contributed by atoms with E-state index in [1.807, 2.05) is 84.5 Å². The molecule has 0 fully saturated rings. The summed E-state index contributed by atoms with van der Waals surface area (Å²) in [5.41, 5.74) is 4.85. The van der Waals surface area contributed by atoms with E-state index >= 15 is 0 Å². The molecule has 1 aromatic heterocycles. The van der Waals surface area contributed by atoms with Crippen molar-refractivity contribution in [2.24, 2.45) is 0 Å². The highest BCUT2D eigenvalue weighted by Gasteiger charge is 2.11. The van der Waals surface area contributed by atoms with Gasteiger partial charge < -0.3 is 0 Å². The number of rotatable bonds is 4. The van der Waals surface area contributed by atoms with Crippen LogP contribution in [0.3, 0.4) is 0 Å². The van der Waals surface area contributed by atoms with Crippen LogP contribution in [0, 0.1) is 29.6 Å². The third kappa shape index (κ3) is 3.83. The fourth-order valence-electron chi connectivity index (χ4n) is 2.57. The van der Waals surface area contributed by atoms with Gasteiger partial charge in [-0.1, -0.05) is 60.2 Å². The van der Waals surface area contributed by atoms with Crippen molar-refractivity contribution in [3.05, 3.63) is 83.1 Å². The maximum atomic E-state index is 9.06. The Balaban J connectivity index is 2.05. The summed E-state index contributed by atoms with van der Waals surface area (Å²) in [5, 5.41) is 22.8. The molecule has 4 heteroatoms. The Morgan fingerprint density at radius 2 is 1.72 bits per heavy atom. The molecule has 3 rings (SSSR count). The molecule has 0 radical (unpaired) electrons. The molecule has 25 heavy (non-hydrogen) atoms. The van der Waals surface area contributed by atoms with Crippen molar-refractivity contribution in [3.8, 4) is 23.4 Å². The minimum atomic E-state index is 0.0626. The van der Waals surface area contributed by atoms with Gasteiger partial charge in [-0.3, -0.25) is 4.68 Å². The average Bonchev–Trinajstić information content (AvgIpc) is 3.03. The summed E-state index contributed by atoms with van der Waals surface area (Å²) in [5.74, 6) is 0. The van der Waals surface area contributed by atoms with E-state index in [1.165, 1.54) is 5.56 Å². The summed E-state index contributed by atoms with van der Waals surface area (Å²) >= 11 is 0. The number of hydrogen-bond acceptors (Lipinski definition) is 3. The van der Waals surface area contributed by atoms with Crippen LogP contribution in [0.5, 0.6) is 0 Å². The van der Waals surface area contributed by atoms with Gasteiger partial charge in [0.15, 0.2) is 0 Å². The Labute approximate surface area is 146 Å². The van der Waals surface area contributed by atoms with Gasteiger partial charge in [0.25, 0.3) is 0 Å². The van der Waals surface area contributed by atoms with Crippen molar-refractivity contribution in [2.75, 3.05) is 0 Å². The van der Waals surface area contributed by atoms with Crippen LogP contribution in [0.25, 0.3) is 17.3 Å². The molecule has 0 atom stereocenters. The first kappa shape index (κ1) is 16.2. The average molecular weight is 324 g/mol. The SMILES string of the molecule is Cc1ccc(-c2nn(Cc3ccccc3)cc2C=C(C#N)C#N)cc1. The van der Waals surface area contributed by atoms with Gasteiger partial charge in [-0.25, -0.2) is 0 Å². The number of aryl methyl sites for hydroxylation is 1. The fraction of sp³-hybridized carbons (Fsp3) is 0.0952. The summed E-state index contributed by atoms with van der Waals surface area (Å²) in [4.78, 5) is 0. The fourth-order valence-corrected chi connectivity index (χ4v) is 2.57. The summed E-state index contributed by atoms with van der Waals surface area (Å²) in [6.45, 7) is 2.66. The lowest BCUT2D eigenvalue weighted by atomic mass is 10.1. The Kier molecular flexibility index (Phi) is 4.74. The second-order valence-corrected chi connectivity index (χ2v) is 5.76. The van der Waals surface area contributed by atoms with Crippen molar-refractivity contribution < 1.29 is 0 Å². The van der Waals surface area contributed by atoms with E-state index in [4.69, 9.17) is 10.5 Å². The van der Waals surface area contributed by atoms with Crippen molar-refractivity contribution in [2.45, 2.75) is 13.5 Å². The minimum absolute atomic E-state index is 0.0626. The van der Waals surface area contributed by atoms with E-state index in [-0.39, 0.29) is 5.57 Å². The molecule has 0 spiro atoms. The Bertz CT molecular complexity index is 965. The number of allylic oxidation sites excluding steroid dienone is 1. The van der Waals surface area contributed by atoms with Crippen LogP contribution >= 0.6 is 0 Å². The number of aromatic nitrogens is 2. The molecule has 0 bridgehead atoms. The van der Waals surface area contributed by atoms with E-state index < -0.39 is 0 Å². The third-order valence-corrected chi connectivity index (χ3v) is 3.84. The molecule has 0 aliphatic carbocycles. The highest BCUT2D eigenvalue weighted by atomic mass is 15.3. The molecule has 120 valence electrons. The molecular weight excluding hydrogens is 308 g/mol. The number of nitrogens with zero attached hydrogens (tertiary/aromatic N) is 4. The van der Waals surface area contributed by atoms with Crippen molar-refractivity contribution in [1.82, 2.24) is 9.78 Å². The highest BCUT2D eigenvalue weighted by Crippen LogP contribution is 2.25. The van der Waals surface area contributed by atoms with Gasteiger partial charge in [-0.15, -0.1) is 0 Å². The molecule has 4 nitrogen and oxygen atoms in total. The largest absolute Gasteiger partial charge is 0.267 e. The summed E-state index contributed by atoms with van der Waals surface area (Å²) in [6, 6.07) is 21.9. The van der Waals surface area contributed by atoms with Gasteiger partial charge in [0.05, 0.1) is 12.2 Å². The van der Waals surface area contributed by atoms with Gasteiger partial charge in [0.1, 0.15) is 17.7 Å². The van der Waals surface area contributed by atoms with E-state index in [0.717, 1.165) is 22.4 Å². The summed E-state index contributed by atoms with van der Waals surface area (Å²) in [7, 11) is 0. The Morgan fingerprint density at radius 1 is 1.04 bits per heavy atom. The second-order valence-electron chi connectivity index (χ2n) is 5.76. The Hall–Kier alpha value is -3.63. The molecule has 3 aromatic rings. The first-order chi connectivity index (χ1) is 12.2. The van der Waals surface area contributed by atoms with Gasteiger partial charge >= 0.3 is 0 Å². The van der Waals surface area contributed by atoms with Crippen molar-refractivity contribution in [1.29, 1.82) is 10.5 Å². The zero-order chi connectivity index (χ0) is 17.6. The molecule has 0 amide bonds. The molecule has 0 aliphatic heterocycles. The summed E-state index contributed by atoms with van der Waals surface area (Å²) in [6.07, 6.45) is 3.46. The predicted octanol–water partition coefficient (Wildman–Crippen LogP) is 4.34. The second kappa shape index (κ2) is 7.29. The maximum absolute atomic E-state index is 9.06. The monoisotopic (exact) mass is 324 g/mol. The van der Waals surface area contributed by atoms with Crippen molar-refractivity contribution in [3.63, 3.8) is 0 Å². The molecule has 0 saturated carbocycles. The van der Waals surface area contributed by atoms with E-state index in [2.05, 4.69) is 5.10 Å². The van der Waals surface area contributed by atoms with E-state index in [0.29, 0.717) is 6.54 Å². The standard InChI is InChI=1S/C21H16N4/c1-16-7-9-19(10-8-16)21-20(11-18(12-22)13-23)15-25(24-21)14-17-5-3-2-4-6-17/h2-11,15H,14H2,1H3. The lowest BCUT2D eigenvalue weighted by Crippen LogP contribution is -1.99. The lowest BCUT2D eigenvalue weighted by Gasteiger charge is -2.02. The third-order valence-electron chi connectivity index (χ3n) is 3.84. The highest BCUT2D eigenvalue weighted by molar-refractivity contribution is 5.75. The van der Waals surface area contributed by atoms with Gasteiger partial charge in [-0.2, -0.15) is 15.6 Å². The van der Waals surface area contributed by atoms with Crippen LogP contribution in [0.4, 0.5) is 0 Å². The zero-order valence-corrected chi connectivity index (χ0v) is 13.8. The van der Waals surface area contributed by atoms with Crippen LogP contribution in [0.15, 0.2) is 66.4 Å². The lowest BCUT2D eigenvalue weighted by molar-refractivity contribution is 0.689. The first-order valence-electron chi connectivity index (χ1n) is 7.90. The van der Waals surface area contributed by atoms with Gasteiger partial charge in [-0.05, 0) is 18.6 Å². The van der Waals surface area contributed by atoms with E-state index in [1.54, 1.807) is 6.08 Å². The minimum Gasteiger partial charge on any atom is -0.267 e. The van der Waals surface area contributed by atoms with Gasteiger partial charge in [0.2, 0.25) is 0 Å². The Morgan fingerprint density at radius 3 is 2.36 bits per heavy atom.